The number of rotatable bonds is 4. The lowest BCUT2D eigenvalue weighted by atomic mass is 9.85. The topological polar surface area (TPSA) is 31.9 Å². The summed E-state index contributed by atoms with van der Waals surface area (Å²) in [5, 5.41) is 8.09. The van der Waals surface area contributed by atoms with Gasteiger partial charge in [0.25, 0.3) is 0 Å². The van der Waals surface area contributed by atoms with Crippen LogP contribution in [0.3, 0.4) is 0 Å². The maximum Gasteiger partial charge on any atom is 0.206 e. The summed E-state index contributed by atoms with van der Waals surface area (Å²) >= 11 is 6.60. The Morgan fingerprint density at radius 1 is 1.64 bits per heavy atom. The van der Waals surface area contributed by atoms with Crippen molar-refractivity contribution in [2.24, 2.45) is 5.92 Å². The minimum Gasteiger partial charge on any atom is -0.347 e. The highest BCUT2D eigenvalue weighted by atomic mass is 32.1. The molecule has 0 atom stereocenters. The standard InChI is InChI=1S/C9H15N3S2/c1-2-12(6-7-4-3-5-7)8-10-11-9(13)14-8/h7H,2-6H2,1H3,(H,11,13). The van der Waals surface area contributed by atoms with E-state index in [1.807, 2.05) is 0 Å². The van der Waals surface area contributed by atoms with Crippen LogP contribution in [0, 0.1) is 9.87 Å². The molecule has 3 nitrogen and oxygen atoms in total. The highest BCUT2D eigenvalue weighted by Crippen LogP contribution is 2.29. The summed E-state index contributed by atoms with van der Waals surface area (Å²) in [6, 6.07) is 0. The zero-order valence-corrected chi connectivity index (χ0v) is 9.96. The van der Waals surface area contributed by atoms with E-state index in [1.165, 1.54) is 19.3 Å². The number of H-pyrrole nitrogens is 1. The molecule has 5 heteroatoms. The van der Waals surface area contributed by atoms with Gasteiger partial charge in [-0.05, 0) is 37.9 Å². The van der Waals surface area contributed by atoms with Gasteiger partial charge in [0, 0.05) is 13.1 Å². The zero-order valence-electron chi connectivity index (χ0n) is 8.32. The van der Waals surface area contributed by atoms with Crippen LogP contribution in [0.15, 0.2) is 0 Å². The normalized spacial score (nSPS) is 16.6. The van der Waals surface area contributed by atoms with Crippen LogP contribution in [0.2, 0.25) is 0 Å². The van der Waals surface area contributed by atoms with Gasteiger partial charge in [0.05, 0.1) is 0 Å². The molecule has 1 aromatic heterocycles. The lowest BCUT2D eigenvalue weighted by molar-refractivity contribution is 0.318. The highest BCUT2D eigenvalue weighted by Gasteiger charge is 2.21. The quantitative estimate of drug-likeness (QED) is 0.806. The van der Waals surface area contributed by atoms with Crippen LogP contribution in [0.5, 0.6) is 0 Å². The molecule has 1 N–H and O–H groups in total. The number of anilines is 1. The van der Waals surface area contributed by atoms with Crippen LogP contribution < -0.4 is 4.90 Å². The molecule has 1 aliphatic carbocycles. The third kappa shape index (κ3) is 2.15. The molecule has 1 heterocycles. The van der Waals surface area contributed by atoms with Crippen molar-refractivity contribution in [2.75, 3.05) is 18.0 Å². The Morgan fingerprint density at radius 2 is 2.43 bits per heavy atom. The van der Waals surface area contributed by atoms with Crippen molar-refractivity contribution >= 4 is 28.7 Å². The van der Waals surface area contributed by atoms with Gasteiger partial charge in [0.2, 0.25) is 5.13 Å². The minimum atomic E-state index is 0.770. The number of hydrogen-bond donors (Lipinski definition) is 1. The fraction of sp³-hybridized carbons (Fsp3) is 0.778. The maximum absolute atomic E-state index is 5.03. The summed E-state index contributed by atoms with van der Waals surface area (Å²) in [4.78, 5) is 2.32. The molecule has 14 heavy (non-hydrogen) atoms. The predicted octanol–water partition coefficient (Wildman–Crippen LogP) is 2.83. The Bertz CT molecular complexity index is 340. The van der Waals surface area contributed by atoms with Crippen molar-refractivity contribution in [2.45, 2.75) is 26.2 Å². The molecule has 0 aromatic carbocycles. The van der Waals surface area contributed by atoms with Crippen LogP contribution >= 0.6 is 23.6 Å². The Balaban J connectivity index is 2.01. The van der Waals surface area contributed by atoms with Gasteiger partial charge in [-0.25, -0.2) is 0 Å². The molecule has 2 rings (SSSR count). The molecule has 0 aliphatic heterocycles. The van der Waals surface area contributed by atoms with Gasteiger partial charge >= 0.3 is 0 Å². The molecule has 1 fully saturated rings. The summed E-state index contributed by atoms with van der Waals surface area (Å²) in [6.45, 7) is 4.34. The molecule has 0 saturated heterocycles. The maximum atomic E-state index is 5.03. The van der Waals surface area contributed by atoms with Crippen molar-refractivity contribution in [3.63, 3.8) is 0 Å². The highest BCUT2D eigenvalue weighted by molar-refractivity contribution is 7.73. The predicted molar refractivity (Wildman–Crippen MR) is 62.5 cm³/mol. The molecule has 0 unspecified atom stereocenters. The molecular weight excluding hydrogens is 214 g/mol. The van der Waals surface area contributed by atoms with Crippen LogP contribution in [0.4, 0.5) is 5.13 Å². The molecule has 0 spiro atoms. The fourth-order valence-electron chi connectivity index (χ4n) is 1.69. The Hall–Kier alpha value is -0.420. The fourth-order valence-corrected chi connectivity index (χ4v) is 2.64. The van der Waals surface area contributed by atoms with E-state index in [1.54, 1.807) is 11.3 Å². The summed E-state index contributed by atoms with van der Waals surface area (Å²) in [6.07, 6.45) is 4.16. The zero-order chi connectivity index (χ0) is 9.97. The number of aromatic nitrogens is 2. The van der Waals surface area contributed by atoms with Gasteiger partial charge in [-0.15, -0.1) is 5.10 Å². The molecule has 1 aromatic rings. The Labute approximate surface area is 93.1 Å². The van der Waals surface area contributed by atoms with Crippen molar-refractivity contribution in [3.8, 4) is 0 Å². The van der Waals surface area contributed by atoms with Gasteiger partial charge in [-0.2, -0.15) is 0 Å². The SMILES string of the molecule is CCN(CC1CCC1)c1n[nH]c(=S)s1. The number of nitrogens with zero attached hydrogens (tertiary/aromatic N) is 2. The average Bonchev–Trinajstić information content (AvgIpc) is 2.50. The lowest BCUT2D eigenvalue weighted by Crippen LogP contribution is -2.32. The van der Waals surface area contributed by atoms with E-state index in [4.69, 9.17) is 12.2 Å². The first-order valence-electron chi connectivity index (χ1n) is 5.10. The van der Waals surface area contributed by atoms with Crippen molar-refractivity contribution in [1.29, 1.82) is 0 Å². The molecule has 0 amide bonds. The summed E-state index contributed by atoms with van der Waals surface area (Å²) in [7, 11) is 0. The second-order valence-corrected chi connectivity index (χ2v) is 5.38. The first-order valence-corrected chi connectivity index (χ1v) is 6.32. The summed E-state index contributed by atoms with van der Waals surface area (Å²) in [5.74, 6) is 0.882. The third-order valence-electron chi connectivity index (χ3n) is 2.78. The average molecular weight is 229 g/mol. The largest absolute Gasteiger partial charge is 0.347 e. The van der Waals surface area contributed by atoms with Gasteiger partial charge < -0.3 is 4.90 Å². The second kappa shape index (κ2) is 4.40. The molecule has 78 valence electrons. The monoisotopic (exact) mass is 229 g/mol. The van der Waals surface area contributed by atoms with E-state index in [0.29, 0.717) is 0 Å². The van der Waals surface area contributed by atoms with E-state index in [2.05, 4.69) is 22.0 Å². The first kappa shape index (κ1) is 10.1. The van der Waals surface area contributed by atoms with Crippen LogP contribution in [-0.2, 0) is 0 Å². The van der Waals surface area contributed by atoms with Crippen molar-refractivity contribution in [1.82, 2.24) is 10.2 Å². The molecule has 0 radical (unpaired) electrons. The third-order valence-corrected chi connectivity index (χ3v) is 3.93. The van der Waals surface area contributed by atoms with E-state index in [0.717, 1.165) is 28.1 Å². The molecule has 1 saturated carbocycles. The second-order valence-electron chi connectivity index (χ2n) is 3.73. The van der Waals surface area contributed by atoms with Crippen molar-refractivity contribution < 1.29 is 0 Å². The van der Waals surface area contributed by atoms with Crippen molar-refractivity contribution in [3.05, 3.63) is 3.95 Å². The number of hydrogen-bond acceptors (Lipinski definition) is 4. The molecular formula is C9H15N3S2. The first-order chi connectivity index (χ1) is 6.79. The molecule has 0 bridgehead atoms. The van der Waals surface area contributed by atoms with Gasteiger partial charge in [-0.3, -0.25) is 5.10 Å². The molecule has 1 aliphatic rings. The van der Waals surface area contributed by atoms with E-state index in [-0.39, 0.29) is 0 Å². The van der Waals surface area contributed by atoms with Gasteiger partial charge in [0.15, 0.2) is 3.95 Å². The smallest absolute Gasteiger partial charge is 0.206 e. The van der Waals surface area contributed by atoms with E-state index >= 15 is 0 Å². The van der Waals surface area contributed by atoms with Crippen LogP contribution in [0.25, 0.3) is 0 Å². The Kier molecular flexibility index (Phi) is 3.18. The van der Waals surface area contributed by atoms with E-state index in [9.17, 15) is 0 Å². The number of aromatic amines is 1. The van der Waals surface area contributed by atoms with Crippen LogP contribution in [-0.4, -0.2) is 23.3 Å². The van der Waals surface area contributed by atoms with Gasteiger partial charge in [-0.1, -0.05) is 17.8 Å². The lowest BCUT2D eigenvalue weighted by Gasteiger charge is -2.31. The van der Waals surface area contributed by atoms with Gasteiger partial charge in [0.1, 0.15) is 0 Å². The summed E-state index contributed by atoms with van der Waals surface area (Å²) in [5.41, 5.74) is 0. The van der Waals surface area contributed by atoms with E-state index < -0.39 is 0 Å². The minimum absolute atomic E-state index is 0.770. The number of nitrogens with one attached hydrogen (secondary N) is 1. The summed E-state index contributed by atoms with van der Waals surface area (Å²) < 4.78 is 0.770. The van der Waals surface area contributed by atoms with Crippen LogP contribution in [0.1, 0.15) is 26.2 Å². The Morgan fingerprint density at radius 3 is 2.86 bits per heavy atom.